The molecule has 21 heavy (non-hydrogen) atoms. The number of nitrogens with one attached hydrogen (secondary N) is 1. The number of nitriles is 1. The normalized spacial score (nSPS) is 35.4. The molecule has 0 bridgehead atoms. The Morgan fingerprint density at radius 3 is 2.71 bits per heavy atom. The average Bonchev–Trinajstić information content (AvgIpc) is 2.91. The van der Waals surface area contributed by atoms with E-state index in [2.05, 4.69) is 18.3 Å². The first-order chi connectivity index (χ1) is 10.0. The van der Waals surface area contributed by atoms with E-state index < -0.39 is 11.7 Å². The van der Waals surface area contributed by atoms with E-state index in [1.54, 1.807) is 0 Å². The first kappa shape index (κ1) is 16.7. The van der Waals surface area contributed by atoms with Crippen LogP contribution in [0.3, 0.4) is 0 Å². The van der Waals surface area contributed by atoms with Gasteiger partial charge in [0.15, 0.2) is 5.79 Å². The topological polar surface area (TPSA) is 83.7 Å². The highest BCUT2D eigenvalue weighted by atomic mass is 16.8. The van der Waals surface area contributed by atoms with E-state index in [0.717, 1.165) is 19.4 Å². The lowest BCUT2D eigenvalue weighted by atomic mass is 9.97. The third-order valence-electron chi connectivity index (χ3n) is 4.06. The summed E-state index contributed by atoms with van der Waals surface area (Å²) in [5.41, 5.74) is 0. The molecule has 2 rings (SSSR count). The van der Waals surface area contributed by atoms with Gasteiger partial charge in [0.2, 0.25) is 0 Å². The van der Waals surface area contributed by atoms with Gasteiger partial charge in [-0.25, -0.2) is 0 Å². The minimum Gasteiger partial charge on any atom is -0.395 e. The van der Waals surface area contributed by atoms with E-state index in [9.17, 15) is 10.4 Å². The summed E-state index contributed by atoms with van der Waals surface area (Å²) in [7, 11) is 0. The van der Waals surface area contributed by atoms with Crippen molar-refractivity contribution in [2.45, 2.75) is 63.7 Å². The fourth-order valence-electron chi connectivity index (χ4n) is 3.02. The second kappa shape index (κ2) is 7.03. The van der Waals surface area contributed by atoms with Crippen molar-refractivity contribution in [2.24, 2.45) is 5.92 Å². The molecule has 0 aromatic carbocycles. The summed E-state index contributed by atoms with van der Waals surface area (Å²) in [4.78, 5) is 0. The highest BCUT2D eigenvalue weighted by molar-refractivity contribution is 5.09. The van der Waals surface area contributed by atoms with Gasteiger partial charge in [-0.2, -0.15) is 5.26 Å². The number of aliphatic hydroxyl groups excluding tert-OH is 1. The van der Waals surface area contributed by atoms with Crippen molar-refractivity contribution >= 4 is 0 Å². The smallest absolute Gasteiger partial charge is 0.163 e. The van der Waals surface area contributed by atoms with Crippen LogP contribution in [0.25, 0.3) is 0 Å². The van der Waals surface area contributed by atoms with Crippen LogP contribution in [0.5, 0.6) is 0 Å². The predicted molar refractivity (Wildman–Crippen MR) is 76.5 cm³/mol. The highest BCUT2D eigenvalue weighted by Crippen LogP contribution is 2.37. The number of nitrogens with zero attached hydrogens (tertiary/aromatic N) is 1. The van der Waals surface area contributed by atoms with Crippen LogP contribution >= 0.6 is 0 Å². The molecule has 2 N–H and O–H groups in total. The van der Waals surface area contributed by atoms with Crippen LogP contribution in [0, 0.1) is 17.2 Å². The number of fused-ring (bicyclic) bond motifs is 1. The number of hydrogen-bond donors (Lipinski definition) is 2. The molecule has 2 fully saturated rings. The molecule has 6 heteroatoms. The van der Waals surface area contributed by atoms with E-state index >= 15 is 0 Å². The zero-order valence-corrected chi connectivity index (χ0v) is 13.0. The molecule has 2 saturated heterocycles. The number of ether oxygens (including phenoxy) is 3. The van der Waals surface area contributed by atoms with Crippen LogP contribution in [-0.2, 0) is 14.2 Å². The Kier molecular flexibility index (Phi) is 5.58. The summed E-state index contributed by atoms with van der Waals surface area (Å²) in [5, 5.41) is 21.9. The maximum Gasteiger partial charge on any atom is 0.163 e. The second-order valence-corrected chi connectivity index (χ2v) is 6.21. The summed E-state index contributed by atoms with van der Waals surface area (Å²) >= 11 is 0. The maximum atomic E-state index is 9.38. The van der Waals surface area contributed by atoms with Gasteiger partial charge in [0.1, 0.15) is 12.2 Å². The number of rotatable bonds is 7. The zero-order chi connectivity index (χ0) is 15.5. The molecule has 0 radical (unpaired) electrons. The quantitative estimate of drug-likeness (QED) is 0.676. The molecular formula is C15H26N2O4. The van der Waals surface area contributed by atoms with Gasteiger partial charge in [-0.1, -0.05) is 13.3 Å². The Morgan fingerprint density at radius 1 is 1.38 bits per heavy atom. The molecule has 0 spiro atoms. The third-order valence-corrected chi connectivity index (χ3v) is 4.06. The van der Waals surface area contributed by atoms with Gasteiger partial charge >= 0.3 is 0 Å². The Balaban J connectivity index is 2.01. The van der Waals surface area contributed by atoms with E-state index in [1.807, 2.05) is 13.8 Å². The van der Waals surface area contributed by atoms with Crippen molar-refractivity contribution in [2.75, 3.05) is 19.8 Å². The van der Waals surface area contributed by atoms with E-state index in [4.69, 9.17) is 14.2 Å². The molecule has 0 amide bonds. The summed E-state index contributed by atoms with van der Waals surface area (Å²) in [5.74, 6) is -1.16. The molecule has 0 aromatic heterocycles. The molecule has 0 saturated carbocycles. The minimum atomic E-state index is -0.660. The Bertz CT molecular complexity index is 382. The molecule has 5 atom stereocenters. The summed E-state index contributed by atoms with van der Waals surface area (Å²) in [6, 6.07) is 1.90. The van der Waals surface area contributed by atoms with E-state index in [1.165, 1.54) is 0 Å². The van der Waals surface area contributed by atoms with Crippen molar-refractivity contribution < 1.29 is 19.3 Å². The highest BCUT2D eigenvalue weighted by Gasteiger charge is 2.55. The van der Waals surface area contributed by atoms with Crippen LogP contribution in [0.4, 0.5) is 0 Å². The first-order valence-corrected chi connectivity index (χ1v) is 7.72. The van der Waals surface area contributed by atoms with Gasteiger partial charge in [0, 0.05) is 6.61 Å². The minimum absolute atomic E-state index is 0.0129. The van der Waals surface area contributed by atoms with E-state index in [0.29, 0.717) is 6.61 Å². The first-order valence-electron chi connectivity index (χ1n) is 7.72. The summed E-state index contributed by atoms with van der Waals surface area (Å²) in [6.07, 6.45) is 1.76. The van der Waals surface area contributed by atoms with Gasteiger partial charge in [0.05, 0.1) is 37.3 Å². The van der Waals surface area contributed by atoms with E-state index in [-0.39, 0.29) is 30.9 Å². The van der Waals surface area contributed by atoms with Crippen molar-refractivity contribution in [3.8, 4) is 6.07 Å². The van der Waals surface area contributed by atoms with Crippen molar-refractivity contribution in [3.05, 3.63) is 0 Å². The standard InChI is InChI=1S/C15H26N2O4/c1-4-5-6-19-9-11-13-14(21-15(2,3)20-13)12(17-11)10(7-16)8-18/h10-14,17-18H,4-6,8-9H2,1-3H3/t10?,11-,12?,13-,14+/m1/s1. The Morgan fingerprint density at radius 2 is 2.10 bits per heavy atom. The fraction of sp³-hybridized carbons (Fsp3) is 0.933. The fourth-order valence-corrected chi connectivity index (χ4v) is 3.02. The second-order valence-electron chi connectivity index (χ2n) is 6.21. The summed E-state index contributed by atoms with van der Waals surface area (Å²) in [6.45, 7) is 6.93. The SMILES string of the molecule is CCCCOC[C@H]1NC(C(C#N)CO)[C@@H]2OC(C)(C)O[C@H]12. The van der Waals surface area contributed by atoms with Gasteiger partial charge in [-0.05, 0) is 20.3 Å². The molecule has 0 aliphatic carbocycles. The molecule has 120 valence electrons. The van der Waals surface area contributed by atoms with Gasteiger partial charge in [-0.15, -0.1) is 0 Å². The Labute approximate surface area is 126 Å². The Hall–Kier alpha value is -0.710. The lowest BCUT2D eigenvalue weighted by Gasteiger charge is -2.26. The third kappa shape index (κ3) is 3.74. The monoisotopic (exact) mass is 298 g/mol. The van der Waals surface area contributed by atoms with Crippen LogP contribution < -0.4 is 5.32 Å². The zero-order valence-electron chi connectivity index (χ0n) is 13.0. The van der Waals surface area contributed by atoms with Gasteiger partial charge in [-0.3, -0.25) is 0 Å². The van der Waals surface area contributed by atoms with Crippen LogP contribution in [0.1, 0.15) is 33.6 Å². The average molecular weight is 298 g/mol. The van der Waals surface area contributed by atoms with Crippen LogP contribution in [0.2, 0.25) is 0 Å². The van der Waals surface area contributed by atoms with Gasteiger partial charge < -0.3 is 24.6 Å². The molecule has 0 aromatic rings. The molecule has 6 nitrogen and oxygen atoms in total. The van der Waals surface area contributed by atoms with Crippen LogP contribution in [0.15, 0.2) is 0 Å². The van der Waals surface area contributed by atoms with Crippen molar-refractivity contribution in [1.82, 2.24) is 5.32 Å². The molecular weight excluding hydrogens is 272 g/mol. The molecule has 2 unspecified atom stereocenters. The van der Waals surface area contributed by atoms with Crippen molar-refractivity contribution in [3.63, 3.8) is 0 Å². The largest absolute Gasteiger partial charge is 0.395 e. The summed E-state index contributed by atoms with van der Waals surface area (Å²) < 4.78 is 17.6. The lowest BCUT2D eigenvalue weighted by Crippen LogP contribution is -2.44. The molecule has 2 aliphatic rings. The predicted octanol–water partition coefficient (Wildman–Crippen LogP) is 0.796. The number of unbranched alkanes of at least 4 members (excludes halogenated alkanes) is 1. The molecule has 2 aliphatic heterocycles. The van der Waals surface area contributed by atoms with Crippen molar-refractivity contribution in [1.29, 1.82) is 5.26 Å². The lowest BCUT2D eigenvalue weighted by molar-refractivity contribution is -0.159. The number of hydrogen-bond acceptors (Lipinski definition) is 6. The van der Waals surface area contributed by atoms with Crippen LogP contribution in [-0.4, -0.2) is 55.0 Å². The van der Waals surface area contributed by atoms with Gasteiger partial charge in [0.25, 0.3) is 0 Å². The molecule has 2 heterocycles. The maximum absolute atomic E-state index is 9.38. The number of aliphatic hydroxyl groups is 1.